The first-order valence-electron chi connectivity index (χ1n) is 6.71. The first-order chi connectivity index (χ1) is 8.61. The number of hydrazine groups is 1. The standard InChI is InChI=1S/C12H22BN3O2/c13-15-9-5-1-4-8-12(18)16(14)10-6-2-3-7-11(15)17/h1-10,14H2. The van der Waals surface area contributed by atoms with Gasteiger partial charge in [0.05, 0.1) is 0 Å². The Kier molecular flexibility index (Phi) is 6.79. The van der Waals surface area contributed by atoms with Crippen LogP contribution in [-0.4, -0.2) is 42.7 Å². The molecule has 1 aliphatic rings. The van der Waals surface area contributed by atoms with Crippen LogP contribution in [0.3, 0.4) is 0 Å². The third-order valence-corrected chi connectivity index (χ3v) is 3.22. The minimum Gasteiger partial charge on any atom is -0.397 e. The molecule has 1 fully saturated rings. The summed E-state index contributed by atoms with van der Waals surface area (Å²) < 4.78 is 0. The lowest BCUT2D eigenvalue weighted by Gasteiger charge is -2.20. The third-order valence-electron chi connectivity index (χ3n) is 3.22. The van der Waals surface area contributed by atoms with E-state index in [-0.39, 0.29) is 11.8 Å². The summed E-state index contributed by atoms with van der Waals surface area (Å²) in [6.45, 7) is 1.14. The van der Waals surface area contributed by atoms with Crippen LogP contribution in [0.1, 0.15) is 51.4 Å². The predicted octanol–water partition coefficient (Wildman–Crippen LogP) is 0.735. The Labute approximate surface area is 110 Å². The maximum Gasteiger partial charge on any atom is 0.236 e. The molecule has 1 aliphatic heterocycles. The Morgan fingerprint density at radius 3 is 2.06 bits per heavy atom. The molecular formula is C12H22BN3O2. The van der Waals surface area contributed by atoms with E-state index in [1.54, 1.807) is 0 Å². The van der Waals surface area contributed by atoms with Crippen LogP contribution in [-0.2, 0) is 9.59 Å². The molecule has 0 aromatic rings. The van der Waals surface area contributed by atoms with Crippen molar-refractivity contribution in [2.45, 2.75) is 51.4 Å². The second-order valence-electron chi connectivity index (χ2n) is 4.80. The Hall–Kier alpha value is -1.04. The van der Waals surface area contributed by atoms with Gasteiger partial charge in [0.15, 0.2) is 0 Å². The lowest BCUT2D eigenvalue weighted by atomic mass is 10.1. The van der Waals surface area contributed by atoms with Gasteiger partial charge in [-0.25, -0.2) is 5.84 Å². The predicted molar refractivity (Wildman–Crippen MR) is 70.3 cm³/mol. The lowest BCUT2D eigenvalue weighted by molar-refractivity contribution is -0.132. The van der Waals surface area contributed by atoms with Crippen LogP contribution in [0.25, 0.3) is 0 Å². The molecule has 1 heterocycles. The van der Waals surface area contributed by atoms with Gasteiger partial charge in [-0.2, -0.15) is 0 Å². The number of hydrogen-bond acceptors (Lipinski definition) is 3. The molecule has 0 atom stereocenters. The fourth-order valence-corrected chi connectivity index (χ4v) is 2.01. The minimum absolute atomic E-state index is 0.00717. The molecule has 6 heteroatoms. The number of amides is 2. The number of nitrogens with zero attached hydrogens (tertiary/aromatic N) is 2. The fourth-order valence-electron chi connectivity index (χ4n) is 2.01. The van der Waals surface area contributed by atoms with Crippen molar-refractivity contribution < 1.29 is 9.59 Å². The summed E-state index contributed by atoms with van der Waals surface area (Å²) in [5.74, 6) is 5.68. The van der Waals surface area contributed by atoms with Crippen molar-refractivity contribution in [3.63, 3.8) is 0 Å². The van der Waals surface area contributed by atoms with Crippen LogP contribution in [0.15, 0.2) is 0 Å². The van der Waals surface area contributed by atoms with Crippen LogP contribution < -0.4 is 5.84 Å². The summed E-state index contributed by atoms with van der Waals surface area (Å²) in [7, 11) is 5.67. The molecule has 18 heavy (non-hydrogen) atoms. The molecule has 100 valence electrons. The monoisotopic (exact) mass is 251 g/mol. The van der Waals surface area contributed by atoms with Gasteiger partial charge in [0.1, 0.15) is 0 Å². The van der Waals surface area contributed by atoms with E-state index in [9.17, 15) is 9.59 Å². The van der Waals surface area contributed by atoms with Gasteiger partial charge >= 0.3 is 0 Å². The summed E-state index contributed by atoms with van der Waals surface area (Å²) in [6, 6.07) is 0. The van der Waals surface area contributed by atoms with Crippen molar-refractivity contribution in [1.82, 2.24) is 9.82 Å². The van der Waals surface area contributed by atoms with E-state index in [2.05, 4.69) is 0 Å². The van der Waals surface area contributed by atoms with E-state index in [1.165, 1.54) is 9.82 Å². The Morgan fingerprint density at radius 2 is 1.39 bits per heavy atom. The maximum absolute atomic E-state index is 11.6. The zero-order valence-corrected chi connectivity index (χ0v) is 10.9. The molecule has 2 N–H and O–H groups in total. The van der Waals surface area contributed by atoms with E-state index >= 15 is 0 Å². The highest BCUT2D eigenvalue weighted by Crippen LogP contribution is 2.08. The highest BCUT2D eigenvalue weighted by molar-refractivity contribution is 6.14. The summed E-state index contributed by atoms with van der Waals surface area (Å²) in [4.78, 5) is 24.5. The van der Waals surface area contributed by atoms with Gasteiger partial charge in [-0.3, -0.25) is 14.6 Å². The van der Waals surface area contributed by atoms with Gasteiger partial charge in [-0.1, -0.05) is 12.8 Å². The van der Waals surface area contributed by atoms with Gasteiger partial charge < -0.3 is 4.81 Å². The first-order valence-corrected chi connectivity index (χ1v) is 6.71. The fraction of sp³-hybridized carbons (Fsp3) is 0.833. The van der Waals surface area contributed by atoms with Crippen LogP contribution in [0, 0.1) is 0 Å². The molecular weight excluding hydrogens is 229 g/mol. The number of rotatable bonds is 0. The van der Waals surface area contributed by atoms with E-state index in [4.69, 9.17) is 13.8 Å². The zero-order valence-electron chi connectivity index (χ0n) is 10.9. The summed E-state index contributed by atoms with van der Waals surface area (Å²) >= 11 is 0. The van der Waals surface area contributed by atoms with Crippen molar-refractivity contribution in [2.24, 2.45) is 5.84 Å². The second-order valence-corrected chi connectivity index (χ2v) is 4.80. The topological polar surface area (TPSA) is 66.6 Å². The van der Waals surface area contributed by atoms with Gasteiger partial charge in [0.2, 0.25) is 19.8 Å². The Morgan fingerprint density at radius 1 is 0.833 bits per heavy atom. The smallest absolute Gasteiger partial charge is 0.236 e. The lowest BCUT2D eigenvalue weighted by Crippen LogP contribution is -2.38. The molecule has 0 spiro atoms. The highest BCUT2D eigenvalue weighted by atomic mass is 16.2. The van der Waals surface area contributed by atoms with Gasteiger partial charge in [0, 0.05) is 25.9 Å². The van der Waals surface area contributed by atoms with Gasteiger partial charge in [-0.05, 0) is 25.7 Å². The quantitative estimate of drug-likeness (QED) is 0.392. The largest absolute Gasteiger partial charge is 0.397 e. The van der Waals surface area contributed by atoms with Crippen LogP contribution in [0.4, 0.5) is 0 Å². The Balaban J connectivity index is 2.41. The summed E-state index contributed by atoms with van der Waals surface area (Å²) in [5, 5.41) is 1.31. The average Bonchev–Trinajstić information content (AvgIpc) is 2.35. The van der Waals surface area contributed by atoms with Crippen LogP contribution in [0.5, 0.6) is 0 Å². The van der Waals surface area contributed by atoms with Crippen molar-refractivity contribution in [3.8, 4) is 0 Å². The molecule has 1 saturated heterocycles. The molecule has 0 bridgehead atoms. The maximum atomic E-state index is 11.6. The number of hydrogen-bond donors (Lipinski definition) is 1. The highest BCUT2D eigenvalue weighted by Gasteiger charge is 2.11. The average molecular weight is 251 g/mol. The SMILES string of the molecule is [B]N1CCCCCC(=O)N(N)CCCCCC1=O. The third kappa shape index (κ3) is 5.53. The van der Waals surface area contributed by atoms with Crippen molar-refractivity contribution in [2.75, 3.05) is 13.1 Å². The van der Waals surface area contributed by atoms with Crippen molar-refractivity contribution in [3.05, 3.63) is 0 Å². The minimum atomic E-state index is 0.00717. The Bertz CT molecular complexity index is 258. The summed E-state index contributed by atoms with van der Waals surface area (Å²) in [5.41, 5.74) is 0. The molecule has 0 aliphatic carbocycles. The molecule has 2 radical (unpaired) electrons. The molecule has 2 amide bonds. The van der Waals surface area contributed by atoms with Crippen molar-refractivity contribution >= 4 is 19.8 Å². The van der Waals surface area contributed by atoms with Crippen LogP contribution >= 0.6 is 0 Å². The molecule has 5 nitrogen and oxygen atoms in total. The molecule has 0 unspecified atom stereocenters. The van der Waals surface area contributed by atoms with E-state index in [1.807, 2.05) is 0 Å². The number of carbonyl (C=O) groups is 2. The molecule has 0 aromatic carbocycles. The van der Waals surface area contributed by atoms with Gasteiger partial charge in [0.25, 0.3) is 0 Å². The first kappa shape index (κ1) is 15.0. The molecule has 0 aromatic heterocycles. The molecule has 1 rings (SSSR count). The van der Waals surface area contributed by atoms with E-state index < -0.39 is 0 Å². The van der Waals surface area contributed by atoms with E-state index in [0.717, 1.165) is 38.5 Å². The van der Waals surface area contributed by atoms with E-state index in [0.29, 0.717) is 25.9 Å². The second kappa shape index (κ2) is 8.13. The normalized spacial score (nSPS) is 21.8. The zero-order chi connectivity index (χ0) is 13.4. The number of carbonyl (C=O) groups excluding carboxylic acids is 2. The van der Waals surface area contributed by atoms with Crippen LogP contribution in [0.2, 0.25) is 0 Å². The summed E-state index contributed by atoms with van der Waals surface area (Å²) in [6.07, 6.45) is 6.01. The molecule has 0 saturated carbocycles. The number of nitrogens with two attached hydrogens (primary N) is 1. The van der Waals surface area contributed by atoms with Gasteiger partial charge in [-0.15, -0.1) is 0 Å². The van der Waals surface area contributed by atoms with Crippen molar-refractivity contribution in [1.29, 1.82) is 0 Å².